The van der Waals surface area contributed by atoms with Gasteiger partial charge in [0.05, 0.1) is 6.54 Å². The van der Waals surface area contributed by atoms with E-state index >= 15 is 0 Å². The molecule has 3 heterocycles. The number of piperidine rings is 1. The second-order valence-corrected chi connectivity index (χ2v) is 9.95. The lowest BCUT2D eigenvalue weighted by molar-refractivity contribution is -0.135. The summed E-state index contributed by atoms with van der Waals surface area (Å²) in [6.45, 7) is 3.37. The normalized spacial score (nSPS) is 24.2. The maximum atomic E-state index is 13.5. The molecular formula is C28H34N4O3. The summed E-state index contributed by atoms with van der Waals surface area (Å²) in [5.41, 5.74) is 2.13. The Morgan fingerprint density at radius 3 is 2.83 bits per heavy atom. The molecule has 2 bridgehead atoms. The van der Waals surface area contributed by atoms with Crippen LogP contribution < -0.4 is 10.1 Å². The first-order valence-corrected chi connectivity index (χ1v) is 12.7. The zero-order chi connectivity index (χ0) is 24.0. The number of hydrogen-bond acceptors (Lipinski definition) is 5. The average Bonchev–Trinajstić information content (AvgIpc) is 3.67. The van der Waals surface area contributed by atoms with Crippen LogP contribution in [0.1, 0.15) is 36.8 Å². The molecule has 0 spiro atoms. The van der Waals surface area contributed by atoms with Gasteiger partial charge in [-0.1, -0.05) is 36.4 Å². The molecule has 2 aliphatic heterocycles. The van der Waals surface area contributed by atoms with Crippen LogP contribution in [0, 0.1) is 11.8 Å². The van der Waals surface area contributed by atoms with Gasteiger partial charge in [0.1, 0.15) is 12.4 Å². The van der Waals surface area contributed by atoms with E-state index in [1.807, 2.05) is 47.5 Å². The number of carbonyl (C=O) groups is 2. The van der Waals surface area contributed by atoms with Crippen LogP contribution >= 0.6 is 0 Å². The van der Waals surface area contributed by atoms with Crippen molar-refractivity contribution in [1.82, 2.24) is 20.1 Å². The molecule has 1 N–H and O–H groups in total. The Labute approximate surface area is 207 Å². The van der Waals surface area contributed by atoms with Crippen molar-refractivity contribution in [2.75, 3.05) is 26.2 Å². The Bertz CT molecular complexity index is 1050. The third-order valence-corrected chi connectivity index (χ3v) is 7.12. The van der Waals surface area contributed by atoms with E-state index in [1.165, 1.54) is 0 Å². The number of carbonyl (C=O) groups excluding carboxylic acids is 2. The molecule has 3 aliphatic rings. The van der Waals surface area contributed by atoms with Gasteiger partial charge in [0, 0.05) is 56.6 Å². The molecule has 1 aromatic heterocycles. The number of ether oxygens (including phenoxy) is 1. The fourth-order valence-corrected chi connectivity index (χ4v) is 5.07. The van der Waals surface area contributed by atoms with Crippen LogP contribution in [-0.2, 0) is 22.7 Å². The van der Waals surface area contributed by atoms with Crippen molar-refractivity contribution < 1.29 is 14.3 Å². The van der Waals surface area contributed by atoms with Gasteiger partial charge in [-0.2, -0.15) is 0 Å². The molecule has 1 aromatic carbocycles. The van der Waals surface area contributed by atoms with E-state index < -0.39 is 0 Å². The summed E-state index contributed by atoms with van der Waals surface area (Å²) in [5, 5.41) is 3.12. The Kier molecular flexibility index (Phi) is 7.42. The predicted octanol–water partition coefficient (Wildman–Crippen LogP) is 3.17. The van der Waals surface area contributed by atoms with E-state index in [0.29, 0.717) is 51.8 Å². The smallest absolute Gasteiger partial charge is 0.236 e. The maximum Gasteiger partial charge on any atom is 0.236 e. The zero-order valence-electron chi connectivity index (χ0n) is 20.1. The van der Waals surface area contributed by atoms with Crippen molar-refractivity contribution in [2.24, 2.45) is 11.8 Å². The van der Waals surface area contributed by atoms with E-state index in [0.717, 1.165) is 36.1 Å². The van der Waals surface area contributed by atoms with E-state index in [2.05, 4.69) is 27.3 Å². The largest absolute Gasteiger partial charge is 0.489 e. The second kappa shape index (κ2) is 11.0. The summed E-state index contributed by atoms with van der Waals surface area (Å²) in [7, 11) is 0. The minimum Gasteiger partial charge on any atom is -0.489 e. The molecule has 2 atom stereocenters. The summed E-state index contributed by atoms with van der Waals surface area (Å²) >= 11 is 0. The van der Waals surface area contributed by atoms with Crippen molar-refractivity contribution >= 4 is 11.8 Å². The highest BCUT2D eigenvalue weighted by Gasteiger charge is 2.33. The molecule has 2 aromatic rings. The molecule has 7 nitrogen and oxygen atoms in total. The van der Waals surface area contributed by atoms with Crippen LogP contribution in [0.4, 0.5) is 0 Å². The Balaban J connectivity index is 1.35. The minimum absolute atomic E-state index is 0.130. The number of fused-ring (bicyclic) bond motifs is 3. The number of benzene rings is 1. The SMILES string of the molecule is O=C(C[C@@H]1CCN2C[C@@H]1/C=C\COc1ccccc1CN(Cc1cccnc1)CC2=O)NC1CC1. The average molecular weight is 475 g/mol. The number of para-hydroxylation sites is 1. The maximum absolute atomic E-state index is 13.5. The molecule has 1 saturated heterocycles. The van der Waals surface area contributed by atoms with Gasteiger partial charge in [0.15, 0.2) is 0 Å². The monoisotopic (exact) mass is 474 g/mol. The van der Waals surface area contributed by atoms with Crippen molar-refractivity contribution in [1.29, 1.82) is 0 Å². The van der Waals surface area contributed by atoms with E-state index in [9.17, 15) is 9.59 Å². The molecule has 5 rings (SSSR count). The van der Waals surface area contributed by atoms with Gasteiger partial charge >= 0.3 is 0 Å². The lowest BCUT2D eigenvalue weighted by atomic mass is 9.82. The highest BCUT2D eigenvalue weighted by Crippen LogP contribution is 2.30. The standard InChI is InChI=1S/C28H34N4O3/c33-27(30-25-9-10-25)15-22-11-13-32-19-23(22)7-4-14-35-26-8-2-1-6-24(26)18-31(20-28(32)34)17-21-5-3-12-29-16-21/h1-8,12,16,22-23,25H,9-11,13-15,17-20H2,(H,30,33)/b7-4-/t22-,23-/m0/s1. The van der Waals surface area contributed by atoms with Crippen molar-refractivity contribution in [3.05, 3.63) is 72.1 Å². The van der Waals surface area contributed by atoms with Gasteiger partial charge in [-0.25, -0.2) is 0 Å². The molecule has 184 valence electrons. The molecular weight excluding hydrogens is 440 g/mol. The number of nitrogens with one attached hydrogen (secondary N) is 1. The van der Waals surface area contributed by atoms with Gasteiger partial charge < -0.3 is 15.0 Å². The third-order valence-electron chi connectivity index (χ3n) is 7.12. The number of amides is 2. The van der Waals surface area contributed by atoms with E-state index in [1.54, 1.807) is 6.20 Å². The van der Waals surface area contributed by atoms with Crippen molar-refractivity contribution in [3.63, 3.8) is 0 Å². The number of nitrogens with zero attached hydrogens (tertiary/aromatic N) is 3. The Morgan fingerprint density at radius 1 is 1.11 bits per heavy atom. The van der Waals surface area contributed by atoms with Crippen LogP contribution in [0.15, 0.2) is 60.9 Å². The fraction of sp³-hybridized carbons (Fsp3) is 0.464. The van der Waals surface area contributed by atoms with Crippen LogP contribution in [0.5, 0.6) is 5.75 Å². The second-order valence-electron chi connectivity index (χ2n) is 9.95. The molecule has 0 unspecified atom stereocenters. The number of aromatic nitrogens is 1. The highest BCUT2D eigenvalue weighted by molar-refractivity contribution is 5.79. The van der Waals surface area contributed by atoms with Crippen LogP contribution in [0.2, 0.25) is 0 Å². The van der Waals surface area contributed by atoms with E-state index in [-0.39, 0.29) is 23.7 Å². The van der Waals surface area contributed by atoms with Gasteiger partial charge in [0.25, 0.3) is 0 Å². The fourth-order valence-electron chi connectivity index (χ4n) is 5.07. The molecule has 0 radical (unpaired) electrons. The summed E-state index contributed by atoms with van der Waals surface area (Å²) < 4.78 is 6.14. The first-order chi connectivity index (χ1) is 17.1. The third kappa shape index (κ3) is 6.48. The van der Waals surface area contributed by atoms with Crippen LogP contribution in [0.25, 0.3) is 0 Å². The molecule has 1 saturated carbocycles. The number of pyridine rings is 1. The topological polar surface area (TPSA) is 74.8 Å². The van der Waals surface area contributed by atoms with Crippen LogP contribution in [0.3, 0.4) is 0 Å². The first-order valence-electron chi connectivity index (χ1n) is 12.7. The summed E-state index contributed by atoms with van der Waals surface area (Å²) in [5.74, 6) is 1.48. The highest BCUT2D eigenvalue weighted by atomic mass is 16.5. The predicted molar refractivity (Wildman–Crippen MR) is 133 cm³/mol. The summed E-state index contributed by atoms with van der Waals surface area (Å²) in [6, 6.07) is 12.4. The summed E-state index contributed by atoms with van der Waals surface area (Å²) in [6.07, 6.45) is 11.4. The minimum atomic E-state index is 0.130. The lowest BCUT2D eigenvalue weighted by Gasteiger charge is -2.38. The molecule has 1 aliphatic carbocycles. The zero-order valence-corrected chi connectivity index (χ0v) is 20.1. The van der Waals surface area contributed by atoms with Gasteiger partial charge in [-0.15, -0.1) is 0 Å². The number of hydrogen-bond donors (Lipinski definition) is 1. The molecule has 2 fully saturated rings. The molecule has 2 amide bonds. The van der Waals surface area contributed by atoms with Gasteiger partial charge in [-0.05, 0) is 48.8 Å². The van der Waals surface area contributed by atoms with E-state index in [4.69, 9.17) is 4.74 Å². The summed E-state index contributed by atoms with van der Waals surface area (Å²) in [4.78, 5) is 34.4. The van der Waals surface area contributed by atoms with Gasteiger partial charge in [0.2, 0.25) is 11.8 Å². The lowest BCUT2D eigenvalue weighted by Crippen LogP contribution is -2.47. The number of rotatable bonds is 5. The van der Waals surface area contributed by atoms with Gasteiger partial charge in [-0.3, -0.25) is 19.5 Å². The molecule has 7 heteroatoms. The first kappa shape index (κ1) is 23.5. The quantitative estimate of drug-likeness (QED) is 0.674. The van der Waals surface area contributed by atoms with Crippen LogP contribution in [-0.4, -0.2) is 58.9 Å². The Hall–Kier alpha value is -3.19. The Morgan fingerprint density at radius 2 is 2.00 bits per heavy atom. The van der Waals surface area contributed by atoms with Crippen molar-refractivity contribution in [3.8, 4) is 5.75 Å². The van der Waals surface area contributed by atoms with Crippen molar-refractivity contribution in [2.45, 2.75) is 44.8 Å². The molecule has 35 heavy (non-hydrogen) atoms.